The van der Waals surface area contributed by atoms with Gasteiger partial charge < -0.3 is 34.6 Å². The SMILES string of the molecule is NC(=O)C12C(=O)COC1CCN2C(=O)C(Cc1ccc(Cl)cc1)N(C(=O)c1ccc(Oc2ccccc2)cc1)C(Cc1ccc(Cl)cc1)C(=O)N1CCC2OCC(=O)C21. The van der Waals surface area contributed by atoms with Crippen LogP contribution in [0.5, 0.6) is 11.5 Å². The van der Waals surface area contributed by atoms with E-state index in [4.69, 9.17) is 43.1 Å². The minimum Gasteiger partial charge on any atom is -0.457 e. The van der Waals surface area contributed by atoms with E-state index in [9.17, 15) is 14.4 Å². The third kappa shape index (κ3) is 7.59. The first-order valence-corrected chi connectivity index (χ1v) is 20.1. The number of nitrogens with zero attached hydrogens (tertiary/aromatic N) is 3. The van der Waals surface area contributed by atoms with Crippen molar-refractivity contribution in [2.45, 2.75) is 61.6 Å². The summed E-state index contributed by atoms with van der Waals surface area (Å²) in [6, 6.07) is 24.9. The van der Waals surface area contributed by atoms with Crippen LogP contribution < -0.4 is 10.5 Å². The second-order valence-corrected chi connectivity index (χ2v) is 15.9. The zero-order valence-electron chi connectivity index (χ0n) is 31.7. The quantitative estimate of drug-likeness (QED) is 0.203. The second kappa shape index (κ2) is 16.6. The predicted molar refractivity (Wildman–Crippen MR) is 215 cm³/mol. The molecule has 304 valence electrons. The van der Waals surface area contributed by atoms with Crippen molar-refractivity contribution in [2.75, 3.05) is 26.3 Å². The number of ether oxygens (including phenoxy) is 3. The average molecular weight is 840 g/mol. The Kier molecular flexibility index (Phi) is 11.3. The Balaban J connectivity index is 1.28. The van der Waals surface area contributed by atoms with E-state index in [0.29, 0.717) is 39.1 Å². The summed E-state index contributed by atoms with van der Waals surface area (Å²) >= 11 is 12.5. The highest BCUT2D eigenvalue weighted by Crippen LogP contribution is 2.39. The Hall–Kier alpha value is -5.60. The molecule has 0 aliphatic carbocycles. The van der Waals surface area contributed by atoms with Crippen molar-refractivity contribution in [3.63, 3.8) is 0 Å². The van der Waals surface area contributed by atoms with Crippen LogP contribution in [0.3, 0.4) is 0 Å². The van der Waals surface area contributed by atoms with E-state index in [1.54, 1.807) is 72.8 Å². The molecule has 4 heterocycles. The molecule has 59 heavy (non-hydrogen) atoms. The molecule has 4 aliphatic heterocycles. The molecule has 4 aliphatic rings. The first-order chi connectivity index (χ1) is 28.4. The molecule has 0 spiro atoms. The number of likely N-dealkylation sites (tertiary alicyclic amines) is 2. The lowest BCUT2D eigenvalue weighted by Gasteiger charge is -2.42. The molecule has 8 rings (SSSR count). The topological polar surface area (TPSA) is 166 Å². The van der Waals surface area contributed by atoms with Crippen molar-refractivity contribution in [2.24, 2.45) is 5.73 Å². The maximum absolute atomic E-state index is 15.5. The molecule has 4 aromatic carbocycles. The summed E-state index contributed by atoms with van der Waals surface area (Å²) in [6.45, 7) is -0.490. The number of carbonyl (C=O) groups excluding carboxylic acids is 6. The summed E-state index contributed by atoms with van der Waals surface area (Å²) in [6.07, 6.45) is -1.23. The first kappa shape index (κ1) is 40.2. The number of carbonyl (C=O) groups is 6. The van der Waals surface area contributed by atoms with Gasteiger partial charge in [-0.3, -0.25) is 28.8 Å². The van der Waals surface area contributed by atoms with Gasteiger partial charge in [0, 0.05) is 41.5 Å². The summed E-state index contributed by atoms with van der Waals surface area (Å²) in [5.41, 5.74) is 5.13. The number of Topliss-reactive ketones (excluding diaryl/α,β-unsaturated/α-hetero) is 2. The largest absolute Gasteiger partial charge is 0.457 e. The lowest BCUT2D eigenvalue weighted by molar-refractivity contribution is -0.154. The number of hydrogen-bond donors (Lipinski definition) is 1. The normalized spacial score (nSPS) is 23.1. The molecule has 15 heteroatoms. The molecule has 4 saturated heterocycles. The zero-order chi connectivity index (χ0) is 41.4. The summed E-state index contributed by atoms with van der Waals surface area (Å²) in [5.74, 6) is -3.07. The van der Waals surface area contributed by atoms with E-state index < -0.39 is 71.9 Å². The Morgan fingerprint density at radius 2 is 1.34 bits per heavy atom. The number of nitrogens with two attached hydrogens (primary N) is 1. The maximum atomic E-state index is 15.5. The fraction of sp³-hybridized carbons (Fsp3) is 0.318. The summed E-state index contributed by atoms with van der Waals surface area (Å²) in [5, 5.41) is 0.868. The summed E-state index contributed by atoms with van der Waals surface area (Å²) in [4.78, 5) is 90.2. The van der Waals surface area contributed by atoms with Crippen LogP contribution in [-0.4, -0.2) is 112 Å². The van der Waals surface area contributed by atoms with Crippen molar-refractivity contribution in [1.82, 2.24) is 14.7 Å². The molecular formula is C44H40Cl2N4O9. The Morgan fingerprint density at radius 1 is 0.746 bits per heavy atom. The van der Waals surface area contributed by atoms with Crippen LogP contribution in [-0.2, 0) is 46.3 Å². The fourth-order valence-corrected chi connectivity index (χ4v) is 9.04. The molecule has 6 unspecified atom stereocenters. The highest BCUT2D eigenvalue weighted by Gasteiger charge is 2.65. The van der Waals surface area contributed by atoms with Crippen molar-refractivity contribution >= 4 is 58.4 Å². The number of hydrogen-bond acceptors (Lipinski definition) is 9. The van der Waals surface area contributed by atoms with Crippen LogP contribution >= 0.6 is 23.2 Å². The van der Waals surface area contributed by atoms with Gasteiger partial charge in [-0.25, -0.2) is 0 Å². The van der Waals surface area contributed by atoms with Crippen molar-refractivity contribution in [3.05, 3.63) is 130 Å². The van der Waals surface area contributed by atoms with Crippen LogP contribution in [0.1, 0.15) is 34.3 Å². The third-order valence-corrected chi connectivity index (χ3v) is 12.1. The average Bonchev–Trinajstić information content (AvgIpc) is 4.02. The second-order valence-electron chi connectivity index (χ2n) is 15.1. The third-order valence-electron chi connectivity index (χ3n) is 11.6. The smallest absolute Gasteiger partial charge is 0.255 e. The van der Waals surface area contributed by atoms with Crippen LogP contribution in [0.2, 0.25) is 10.0 Å². The van der Waals surface area contributed by atoms with Gasteiger partial charge in [0.05, 0.1) is 12.2 Å². The number of fused-ring (bicyclic) bond motifs is 2. The number of benzene rings is 4. The molecule has 4 aromatic rings. The van der Waals surface area contributed by atoms with Crippen molar-refractivity contribution in [3.8, 4) is 11.5 Å². The summed E-state index contributed by atoms with van der Waals surface area (Å²) in [7, 11) is 0. The van der Waals surface area contributed by atoms with Gasteiger partial charge in [0.2, 0.25) is 17.4 Å². The minimum atomic E-state index is -2.12. The lowest BCUT2D eigenvalue weighted by Crippen LogP contribution is -2.68. The van der Waals surface area contributed by atoms with E-state index in [2.05, 4.69) is 0 Å². The number of amides is 4. The van der Waals surface area contributed by atoms with E-state index in [1.165, 1.54) is 21.9 Å². The van der Waals surface area contributed by atoms with E-state index in [-0.39, 0.29) is 50.3 Å². The van der Waals surface area contributed by atoms with Gasteiger partial charge in [-0.15, -0.1) is 0 Å². The standard InChI is InChI=1S/C44H40Cl2N4O9/c45-29-12-6-26(7-13-29)22-33(41(54)48-20-18-36-39(48)35(51)24-57-36)50(40(53)28-10-16-32(17-11-28)59-31-4-2-1-3-5-31)34(23-27-8-14-30(46)15-9-27)42(55)49-21-19-38-44(49,43(47)56)37(52)25-58-38/h1-17,33-34,36,38-39H,18-25H2,(H2,47,56). The molecular weight excluding hydrogens is 799 g/mol. The van der Waals surface area contributed by atoms with Gasteiger partial charge in [0.1, 0.15) is 42.8 Å². The number of halogens is 2. The molecule has 6 atom stereocenters. The molecule has 13 nitrogen and oxygen atoms in total. The molecule has 0 radical (unpaired) electrons. The highest BCUT2D eigenvalue weighted by molar-refractivity contribution is 6.30. The molecule has 4 amide bonds. The predicted octanol–water partition coefficient (Wildman–Crippen LogP) is 4.44. The van der Waals surface area contributed by atoms with Crippen LogP contribution in [0.15, 0.2) is 103 Å². The zero-order valence-corrected chi connectivity index (χ0v) is 33.2. The van der Waals surface area contributed by atoms with Crippen LogP contribution in [0.25, 0.3) is 0 Å². The Labute approximate surface area is 349 Å². The summed E-state index contributed by atoms with van der Waals surface area (Å²) < 4.78 is 17.4. The lowest BCUT2D eigenvalue weighted by atomic mass is 9.88. The van der Waals surface area contributed by atoms with Gasteiger partial charge in [-0.1, -0.05) is 65.7 Å². The number of primary amides is 1. The van der Waals surface area contributed by atoms with Crippen molar-refractivity contribution < 1.29 is 43.0 Å². The van der Waals surface area contributed by atoms with Crippen LogP contribution in [0, 0.1) is 0 Å². The van der Waals surface area contributed by atoms with Crippen molar-refractivity contribution in [1.29, 1.82) is 0 Å². The minimum absolute atomic E-state index is 0.0830. The monoisotopic (exact) mass is 838 g/mol. The first-order valence-electron chi connectivity index (χ1n) is 19.3. The molecule has 0 saturated carbocycles. The van der Waals surface area contributed by atoms with Crippen LogP contribution in [0.4, 0.5) is 0 Å². The van der Waals surface area contributed by atoms with Gasteiger partial charge in [-0.05, 0) is 84.6 Å². The van der Waals surface area contributed by atoms with Gasteiger partial charge >= 0.3 is 0 Å². The molecule has 2 N–H and O–H groups in total. The fourth-order valence-electron chi connectivity index (χ4n) is 8.79. The van der Waals surface area contributed by atoms with E-state index in [1.807, 2.05) is 18.2 Å². The highest BCUT2D eigenvalue weighted by atomic mass is 35.5. The number of para-hydroxylation sites is 1. The number of ketones is 2. The molecule has 0 bridgehead atoms. The molecule has 0 aromatic heterocycles. The Morgan fingerprint density at radius 3 is 1.95 bits per heavy atom. The van der Waals surface area contributed by atoms with Gasteiger partial charge in [-0.2, -0.15) is 0 Å². The Bertz CT molecular complexity index is 2280. The maximum Gasteiger partial charge on any atom is 0.255 e. The van der Waals surface area contributed by atoms with Gasteiger partial charge in [0.25, 0.3) is 11.8 Å². The van der Waals surface area contributed by atoms with E-state index in [0.717, 1.165) is 4.90 Å². The number of rotatable bonds is 12. The van der Waals surface area contributed by atoms with Gasteiger partial charge in [0.15, 0.2) is 11.6 Å². The molecule has 4 fully saturated rings. The van der Waals surface area contributed by atoms with E-state index >= 15 is 14.4 Å².